The Labute approximate surface area is 112 Å². The fraction of sp³-hybridized carbons (Fsp3) is 0.462. The van der Waals surface area contributed by atoms with Crippen LogP contribution in [0.4, 0.5) is 5.82 Å². The summed E-state index contributed by atoms with van der Waals surface area (Å²) in [6.45, 7) is 5.05. The van der Waals surface area contributed by atoms with E-state index >= 15 is 0 Å². The van der Waals surface area contributed by atoms with E-state index in [9.17, 15) is 0 Å². The molecule has 6 heteroatoms. The third kappa shape index (κ3) is 3.21. The van der Waals surface area contributed by atoms with Gasteiger partial charge in [0, 0.05) is 6.54 Å². The van der Waals surface area contributed by atoms with Crippen molar-refractivity contribution in [3.63, 3.8) is 0 Å². The number of rotatable bonds is 6. The Morgan fingerprint density at radius 2 is 2.11 bits per heavy atom. The van der Waals surface area contributed by atoms with Gasteiger partial charge in [0.05, 0.1) is 18.0 Å². The van der Waals surface area contributed by atoms with E-state index < -0.39 is 0 Å². The summed E-state index contributed by atoms with van der Waals surface area (Å²) in [5, 5.41) is 4.22. The Morgan fingerprint density at radius 3 is 2.84 bits per heavy atom. The molecule has 0 aliphatic rings. The van der Waals surface area contributed by atoms with Crippen LogP contribution in [0, 0.1) is 0 Å². The first-order valence-corrected chi connectivity index (χ1v) is 6.54. The summed E-state index contributed by atoms with van der Waals surface area (Å²) in [6.07, 6.45) is 7.75. The molecule has 2 aromatic rings. The van der Waals surface area contributed by atoms with Crippen LogP contribution in [0.25, 0.3) is 0 Å². The SMILES string of the molecule is CCCc1c(N)ncnc1Oc1cnn(CCC)c1. The lowest BCUT2D eigenvalue weighted by Crippen LogP contribution is -2.02. The molecule has 0 aliphatic carbocycles. The highest BCUT2D eigenvalue weighted by Crippen LogP contribution is 2.26. The van der Waals surface area contributed by atoms with Crippen LogP contribution in [0.2, 0.25) is 0 Å². The quantitative estimate of drug-likeness (QED) is 0.863. The lowest BCUT2D eigenvalue weighted by atomic mass is 10.2. The van der Waals surface area contributed by atoms with Crippen molar-refractivity contribution >= 4 is 5.82 Å². The van der Waals surface area contributed by atoms with Gasteiger partial charge in [-0.3, -0.25) is 4.68 Å². The second-order valence-corrected chi connectivity index (χ2v) is 4.33. The van der Waals surface area contributed by atoms with Gasteiger partial charge in [-0.1, -0.05) is 20.3 Å². The number of nitrogen functional groups attached to an aromatic ring is 1. The van der Waals surface area contributed by atoms with Gasteiger partial charge in [-0.05, 0) is 12.8 Å². The molecule has 2 aromatic heterocycles. The Morgan fingerprint density at radius 1 is 1.26 bits per heavy atom. The largest absolute Gasteiger partial charge is 0.435 e. The van der Waals surface area contributed by atoms with Crippen molar-refractivity contribution in [1.29, 1.82) is 0 Å². The fourth-order valence-electron chi connectivity index (χ4n) is 1.84. The minimum Gasteiger partial charge on any atom is -0.435 e. The first kappa shape index (κ1) is 13.3. The van der Waals surface area contributed by atoms with Crippen LogP contribution in [-0.4, -0.2) is 19.7 Å². The number of hydrogen-bond donors (Lipinski definition) is 1. The molecule has 0 amide bonds. The summed E-state index contributed by atoms with van der Waals surface area (Å²) in [5.74, 6) is 1.67. The van der Waals surface area contributed by atoms with E-state index in [1.54, 1.807) is 6.20 Å². The van der Waals surface area contributed by atoms with E-state index in [2.05, 4.69) is 28.9 Å². The van der Waals surface area contributed by atoms with E-state index in [1.807, 2.05) is 10.9 Å². The Bertz CT molecular complexity index is 538. The molecule has 2 rings (SSSR count). The van der Waals surface area contributed by atoms with Gasteiger partial charge in [-0.25, -0.2) is 9.97 Å². The molecule has 0 atom stereocenters. The topological polar surface area (TPSA) is 78.8 Å². The number of nitrogens with zero attached hydrogens (tertiary/aromatic N) is 4. The molecule has 102 valence electrons. The van der Waals surface area contributed by atoms with Gasteiger partial charge in [-0.15, -0.1) is 0 Å². The molecule has 19 heavy (non-hydrogen) atoms. The van der Waals surface area contributed by atoms with Crippen LogP contribution < -0.4 is 10.5 Å². The van der Waals surface area contributed by atoms with Gasteiger partial charge in [0.1, 0.15) is 12.1 Å². The van der Waals surface area contributed by atoms with Crippen LogP contribution >= 0.6 is 0 Å². The van der Waals surface area contributed by atoms with Crippen molar-refractivity contribution in [3.05, 3.63) is 24.3 Å². The summed E-state index contributed by atoms with van der Waals surface area (Å²) in [7, 11) is 0. The monoisotopic (exact) mass is 261 g/mol. The third-order valence-electron chi connectivity index (χ3n) is 2.72. The molecule has 0 radical (unpaired) electrons. The molecule has 0 saturated carbocycles. The van der Waals surface area contributed by atoms with Crippen molar-refractivity contribution in [3.8, 4) is 11.6 Å². The van der Waals surface area contributed by atoms with Gasteiger partial charge < -0.3 is 10.5 Å². The maximum Gasteiger partial charge on any atom is 0.227 e. The minimum atomic E-state index is 0.479. The predicted octanol–water partition coefficient (Wildman–Crippen LogP) is 2.41. The van der Waals surface area contributed by atoms with Crippen LogP contribution in [0.1, 0.15) is 32.3 Å². The van der Waals surface area contributed by atoms with Gasteiger partial charge in [0.15, 0.2) is 5.75 Å². The van der Waals surface area contributed by atoms with Crippen LogP contribution in [0.5, 0.6) is 11.6 Å². The van der Waals surface area contributed by atoms with Crippen LogP contribution in [0.3, 0.4) is 0 Å². The molecule has 0 bridgehead atoms. The van der Waals surface area contributed by atoms with Gasteiger partial charge >= 0.3 is 0 Å². The summed E-state index contributed by atoms with van der Waals surface area (Å²) in [6, 6.07) is 0. The van der Waals surface area contributed by atoms with Gasteiger partial charge in [-0.2, -0.15) is 5.10 Å². The summed E-state index contributed by atoms with van der Waals surface area (Å²) < 4.78 is 7.60. The van der Waals surface area contributed by atoms with Crippen molar-refractivity contribution in [1.82, 2.24) is 19.7 Å². The zero-order valence-corrected chi connectivity index (χ0v) is 11.3. The fourth-order valence-corrected chi connectivity index (χ4v) is 1.84. The lowest BCUT2D eigenvalue weighted by molar-refractivity contribution is 0.453. The maximum atomic E-state index is 5.86. The first-order chi connectivity index (χ1) is 9.24. The lowest BCUT2D eigenvalue weighted by Gasteiger charge is -2.09. The standard InChI is InChI=1S/C13H19N5O/c1-3-5-11-12(14)15-9-16-13(11)19-10-7-17-18(8-10)6-4-2/h7-9H,3-6H2,1-2H3,(H2,14,15,16). The maximum absolute atomic E-state index is 5.86. The highest BCUT2D eigenvalue weighted by Gasteiger charge is 2.11. The van der Waals surface area contributed by atoms with Crippen molar-refractivity contribution in [2.24, 2.45) is 0 Å². The van der Waals surface area contributed by atoms with E-state index in [1.165, 1.54) is 6.33 Å². The normalized spacial score (nSPS) is 10.6. The second-order valence-electron chi connectivity index (χ2n) is 4.33. The molecule has 2 heterocycles. The highest BCUT2D eigenvalue weighted by atomic mass is 16.5. The minimum absolute atomic E-state index is 0.479. The van der Waals surface area contributed by atoms with E-state index in [-0.39, 0.29) is 0 Å². The molecule has 0 aliphatic heterocycles. The van der Waals surface area contributed by atoms with E-state index in [0.29, 0.717) is 17.4 Å². The van der Waals surface area contributed by atoms with Crippen LogP contribution in [0.15, 0.2) is 18.7 Å². The molecule has 0 aromatic carbocycles. The number of nitrogens with two attached hydrogens (primary N) is 1. The molecule has 0 spiro atoms. The van der Waals surface area contributed by atoms with Crippen molar-refractivity contribution in [2.75, 3.05) is 5.73 Å². The first-order valence-electron chi connectivity index (χ1n) is 6.54. The summed E-state index contributed by atoms with van der Waals surface area (Å²) >= 11 is 0. The molecule has 2 N–H and O–H groups in total. The molecule has 0 fully saturated rings. The zero-order chi connectivity index (χ0) is 13.7. The van der Waals surface area contributed by atoms with Crippen LogP contribution in [-0.2, 0) is 13.0 Å². The molecule has 6 nitrogen and oxygen atoms in total. The second kappa shape index (κ2) is 6.17. The van der Waals surface area contributed by atoms with Gasteiger partial charge in [0.25, 0.3) is 0 Å². The summed E-state index contributed by atoms with van der Waals surface area (Å²) in [5.41, 5.74) is 6.72. The van der Waals surface area contributed by atoms with Crippen molar-refractivity contribution < 1.29 is 4.74 Å². The Hall–Kier alpha value is -2.11. The average molecular weight is 261 g/mol. The Balaban J connectivity index is 2.19. The number of ether oxygens (including phenoxy) is 1. The number of hydrogen-bond acceptors (Lipinski definition) is 5. The smallest absolute Gasteiger partial charge is 0.227 e. The van der Waals surface area contributed by atoms with E-state index in [4.69, 9.17) is 10.5 Å². The van der Waals surface area contributed by atoms with Gasteiger partial charge in [0.2, 0.25) is 5.88 Å². The van der Waals surface area contributed by atoms with E-state index in [0.717, 1.165) is 31.4 Å². The molecule has 0 saturated heterocycles. The number of aryl methyl sites for hydroxylation is 1. The molecular formula is C13H19N5O. The number of anilines is 1. The molecular weight excluding hydrogens is 242 g/mol. The predicted molar refractivity (Wildman–Crippen MR) is 73.0 cm³/mol. The zero-order valence-electron chi connectivity index (χ0n) is 11.3. The third-order valence-corrected chi connectivity index (χ3v) is 2.72. The van der Waals surface area contributed by atoms with Crippen molar-refractivity contribution in [2.45, 2.75) is 39.7 Å². The highest BCUT2D eigenvalue weighted by molar-refractivity contribution is 5.45. The average Bonchev–Trinajstić information content (AvgIpc) is 2.82. The summed E-state index contributed by atoms with van der Waals surface area (Å²) in [4.78, 5) is 8.16. The molecule has 0 unspecified atom stereocenters. The number of aromatic nitrogens is 4. The Kier molecular flexibility index (Phi) is 4.33.